The summed E-state index contributed by atoms with van der Waals surface area (Å²) in [7, 11) is 4.16. The van der Waals surface area contributed by atoms with Gasteiger partial charge in [-0.05, 0) is 32.1 Å². The lowest BCUT2D eigenvalue weighted by molar-refractivity contribution is -0.130. The van der Waals surface area contributed by atoms with Crippen molar-refractivity contribution in [1.29, 1.82) is 0 Å². The molecule has 0 unspecified atom stereocenters. The highest BCUT2D eigenvalue weighted by molar-refractivity contribution is 14.0. The fourth-order valence-electron chi connectivity index (χ4n) is 3.02. The second-order valence-corrected chi connectivity index (χ2v) is 6.72. The molecule has 1 aliphatic heterocycles. The first-order valence-corrected chi connectivity index (χ1v) is 9.01. The van der Waals surface area contributed by atoms with Crippen LogP contribution in [0.15, 0.2) is 29.3 Å². The molecule has 1 fully saturated rings. The second-order valence-electron chi connectivity index (χ2n) is 6.72. The number of hydrogen-bond acceptors (Lipinski definition) is 3. The molecule has 6 nitrogen and oxygen atoms in total. The highest BCUT2D eigenvalue weighted by Gasteiger charge is 2.20. The smallest absolute Gasteiger partial charge is 0.219 e. The van der Waals surface area contributed by atoms with Gasteiger partial charge in [0.2, 0.25) is 5.91 Å². The van der Waals surface area contributed by atoms with Gasteiger partial charge in [0.1, 0.15) is 0 Å². The van der Waals surface area contributed by atoms with Crippen LogP contribution in [0.5, 0.6) is 0 Å². The van der Waals surface area contributed by atoms with E-state index in [0.717, 1.165) is 45.2 Å². The molecular formula is C19H32IN5O. The molecule has 7 heteroatoms. The van der Waals surface area contributed by atoms with E-state index >= 15 is 0 Å². The minimum Gasteiger partial charge on any atom is -0.357 e. The van der Waals surface area contributed by atoms with Crippen LogP contribution in [0.4, 0.5) is 0 Å². The molecule has 0 bridgehead atoms. The first kappa shape index (κ1) is 22.7. The van der Waals surface area contributed by atoms with Gasteiger partial charge in [-0.25, -0.2) is 4.99 Å². The highest BCUT2D eigenvalue weighted by atomic mass is 127. The summed E-state index contributed by atoms with van der Waals surface area (Å²) in [6.07, 6.45) is 0. The van der Waals surface area contributed by atoms with Crippen molar-refractivity contribution < 1.29 is 4.79 Å². The summed E-state index contributed by atoms with van der Waals surface area (Å²) in [5, 5.41) is 3.38. The molecule has 26 heavy (non-hydrogen) atoms. The zero-order valence-electron chi connectivity index (χ0n) is 16.4. The van der Waals surface area contributed by atoms with Gasteiger partial charge in [-0.15, -0.1) is 24.0 Å². The molecule has 1 N–H and O–H groups in total. The monoisotopic (exact) mass is 473 g/mol. The predicted octanol–water partition coefficient (Wildman–Crippen LogP) is 2.00. The summed E-state index contributed by atoms with van der Waals surface area (Å²) >= 11 is 0. The first-order valence-electron chi connectivity index (χ1n) is 9.01. The number of nitrogens with one attached hydrogen (secondary N) is 1. The molecule has 0 aliphatic carbocycles. The topological polar surface area (TPSA) is 51.2 Å². The van der Waals surface area contributed by atoms with Crippen molar-refractivity contribution in [2.75, 3.05) is 46.8 Å². The Morgan fingerprint density at radius 2 is 1.77 bits per heavy atom. The molecule has 1 aromatic carbocycles. The fourth-order valence-corrected chi connectivity index (χ4v) is 3.02. The lowest BCUT2D eigenvalue weighted by Gasteiger charge is -2.36. The average Bonchev–Trinajstić information content (AvgIpc) is 2.58. The van der Waals surface area contributed by atoms with E-state index < -0.39 is 0 Å². The summed E-state index contributed by atoms with van der Waals surface area (Å²) in [5.41, 5.74) is 2.52. The van der Waals surface area contributed by atoms with E-state index in [1.165, 1.54) is 11.1 Å². The summed E-state index contributed by atoms with van der Waals surface area (Å²) < 4.78 is 0. The van der Waals surface area contributed by atoms with E-state index in [1.54, 1.807) is 6.92 Å². The summed E-state index contributed by atoms with van der Waals surface area (Å²) in [4.78, 5) is 22.6. The first-order chi connectivity index (χ1) is 12.0. The van der Waals surface area contributed by atoms with E-state index in [2.05, 4.69) is 60.4 Å². The van der Waals surface area contributed by atoms with Crippen molar-refractivity contribution in [3.63, 3.8) is 0 Å². The predicted molar refractivity (Wildman–Crippen MR) is 118 cm³/mol. The summed E-state index contributed by atoms with van der Waals surface area (Å²) in [6.45, 7) is 9.33. The van der Waals surface area contributed by atoms with Crippen molar-refractivity contribution in [2.24, 2.45) is 4.99 Å². The SMILES string of the molecule is CCNC(=NCc1cccc(CN(C)C)c1)N1CCN(C(C)=O)CC1.I. The van der Waals surface area contributed by atoms with Crippen LogP contribution in [-0.2, 0) is 17.9 Å². The van der Waals surface area contributed by atoms with Gasteiger partial charge in [-0.1, -0.05) is 24.3 Å². The van der Waals surface area contributed by atoms with Crippen molar-refractivity contribution in [1.82, 2.24) is 20.0 Å². The molecule has 0 radical (unpaired) electrons. The number of amides is 1. The van der Waals surface area contributed by atoms with Gasteiger partial charge in [0, 0.05) is 46.2 Å². The Morgan fingerprint density at radius 1 is 1.15 bits per heavy atom. The van der Waals surface area contributed by atoms with Crippen LogP contribution in [0, 0.1) is 0 Å². The Balaban J connectivity index is 0.00000338. The number of halogens is 1. The largest absolute Gasteiger partial charge is 0.357 e. The van der Waals surface area contributed by atoms with Crippen LogP contribution in [-0.4, -0.2) is 73.4 Å². The Kier molecular flexibility index (Phi) is 9.93. The summed E-state index contributed by atoms with van der Waals surface area (Å²) in [5.74, 6) is 1.09. The van der Waals surface area contributed by atoms with Gasteiger partial charge in [-0.3, -0.25) is 4.79 Å². The van der Waals surface area contributed by atoms with Gasteiger partial charge in [-0.2, -0.15) is 0 Å². The minimum atomic E-state index is 0. The number of guanidine groups is 1. The Bertz CT molecular complexity index is 597. The Morgan fingerprint density at radius 3 is 2.35 bits per heavy atom. The average molecular weight is 473 g/mol. The number of hydrogen-bond donors (Lipinski definition) is 1. The number of piperazine rings is 1. The van der Waals surface area contributed by atoms with Crippen molar-refractivity contribution >= 4 is 35.8 Å². The Hall–Kier alpha value is -1.35. The normalized spacial score (nSPS) is 15.0. The van der Waals surface area contributed by atoms with E-state index in [0.29, 0.717) is 6.54 Å². The molecule has 0 saturated carbocycles. The molecular weight excluding hydrogens is 441 g/mol. The zero-order valence-corrected chi connectivity index (χ0v) is 18.7. The lowest BCUT2D eigenvalue weighted by Crippen LogP contribution is -2.53. The number of aliphatic imine (C=N–C) groups is 1. The third-order valence-corrected chi connectivity index (χ3v) is 4.26. The quantitative estimate of drug-likeness (QED) is 0.404. The van der Waals surface area contributed by atoms with Crippen LogP contribution in [0.2, 0.25) is 0 Å². The number of benzene rings is 1. The maximum Gasteiger partial charge on any atom is 0.219 e. The molecule has 146 valence electrons. The van der Waals surface area contributed by atoms with E-state index in [-0.39, 0.29) is 29.9 Å². The van der Waals surface area contributed by atoms with E-state index in [1.807, 2.05) is 4.90 Å². The van der Waals surface area contributed by atoms with Gasteiger partial charge in [0.15, 0.2) is 5.96 Å². The number of nitrogens with zero attached hydrogens (tertiary/aromatic N) is 4. The standard InChI is InChI=1S/C19H31N5O.HI/c1-5-20-19(24-11-9-23(10-12-24)16(2)25)21-14-17-7-6-8-18(13-17)15-22(3)4;/h6-8,13H,5,9-12,14-15H2,1-4H3,(H,20,21);1H. The maximum absolute atomic E-state index is 11.5. The molecule has 1 aromatic rings. The van der Waals surface area contributed by atoms with Crippen LogP contribution in [0.25, 0.3) is 0 Å². The molecule has 1 saturated heterocycles. The molecule has 1 aliphatic rings. The molecule has 0 aromatic heterocycles. The van der Waals surface area contributed by atoms with Crippen LogP contribution < -0.4 is 5.32 Å². The van der Waals surface area contributed by atoms with Gasteiger partial charge < -0.3 is 20.0 Å². The summed E-state index contributed by atoms with van der Waals surface area (Å²) in [6, 6.07) is 8.60. The number of rotatable bonds is 5. The third kappa shape index (κ3) is 7.11. The molecule has 0 atom stereocenters. The molecule has 1 heterocycles. The van der Waals surface area contributed by atoms with Gasteiger partial charge in [0.05, 0.1) is 6.54 Å². The fraction of sp³-hybridized carbons (Fsp3) is 0.579. The lowest BCUT2D eigenvalue weighted by atomic mass is 10.1. The number of carbonyl (C=O) groups is 1. The zero-order chi connectivity index (χ0) is 18.2. The minimum absolute atomic E-state index is 0. The van der Waals surface area contributed by atoms with Crippen molar-refractivity contribution in [3.05, 3.63) is 35.4 Å². The van der Waals surface area contributed by atoms with Crippen LogP contribution in [0.1, 0.15) is 25.0 Å². The maximum atomic E-state index is 11.5. The van der Waals surface area contributed by atoms with Crippen LogP contribution >= 0.6 is 24.0 Å². The van der Waals surface area contributed by atoms with Gasteiger partial charge in [0.25, 0.3) is 0 Å². The van der Waals surface area contributed by atoms with Crippen LogP contribution in [0.3, 0.4) is 0 Å². The van der Waals surface area contributed by atoms with E-state index in [4.69, 9.17) is 4.99 Å². The number of carbonyl (C=O) groups excluding carboxylic acids is 1. The molecule has 2 rings (SSSR count). The van der Waals surface area contributed by atoms with E-state index in [9.17, 15) is 4.79 Å². The second kappa shape index (κ2) is 11.4. The van der Waals surface area contributed by atoms with Gasteiger partial charge >= 0.3 is 0 Å². The third-order valence-electron chi connectivity index (χ3n) is 4.26. The molecule has 0 spiro atoms. The van der Waals surface area contributed by atoms with Crippen molar-refractivity contribution in [3.8, 4) is 0 Å². The van der Waals surface area contributed by atoms with Crippen molar-refractivity contribution in [2.45, 2.75) is 26.9 Å². The molecule has 1 amide bonds. The highest BCUT2D eigenvalue weighted by Crippen LogP contribution is 2.09. The Labute approximate surface area is 174 Å².